The molecule has 4 rings (SSSR count). The van der Waals surface area contributed by atoms with Crippen molar-refractivity contribution >= 4 is 34.7 Å². The van der Waals surface area contributed by atoms with Crippen molar-refractivity contribution < 1.29 is 9.18 Å². The van der Waals surface area contributed by atoms with Crippen LogP contribution in [0.3, 0.4) is 0 Å². The summed E-state index contributed by atoms with van der Waals surface area (Å²) in [4.78, 5) is 13.3. The summed E-state index contributed by atoms with van der Waals surface area (Å²) in [5.41, 5.74) is 1.48. The summed E-state index contributed by atoms with van der Waals surface area (Å²) in [6.07, 6.45) is 0. The van der Waals surface area contributed by atoms with E-state index in [-0.39, 0.29) is 17.5 Å². The van der Waals surface area contributed by atoms with E-state index in [0.29, 0.717) is 10.8 Å². The van der Waals surface area contributed by atoms with Crippen LogP contribution in [-0.4, -0.2) is 26.4 Å². The van der Waals surface area contributed by atoms with E-state index in [1.54, 1.807) is 11.3 Å². The second-order valence-corrected chi connectivity index (χ2v) is 7.69. The summed E-state index contributed by atoms with van der Waals surface area (Å²) in [5, 5.41) is 14.0. The van der Waals surface area contributed by atoms with Crippen molar-refractivity contribution in [1.29, 1.82) is 0 Å². The van der Waals surface area contributed by atoms with Crippen LogP contribution in [0, 0.1) is 5.82 Å². The van der Waals surface area contributed by atoms with Gasteiger partial charge in [0.05, 0.1) is 10.6 Å². The molecule has 8 heteroatoms. The number of thioether (sulfide) groups is 1. The Labute approximate surface area is 169 Å². The number of carbonyl (C=O) groups excluding carboxylic acids is 1. The minimum atomic E-state index is -0.343. The molecular formula is C20H15FN4OS2. The first-order valence-corrected chi connectivity index (χ1v) is 10.3. The summed E-state index contributed by atoms with van der Waals surface area (Å²) in [6, 6.07) is 19.4. The molecular weight excluding hydrogens is 395 g/mol. The van der Waals surface area contributed by atoms with Crippen LogP contribution in [0.25, 0.3) is 16.4 Å². The molecule has 5 nitrogen and oxygen atoms in total. The molecule has 0 fully saturated rings. The van der Waals surface area contributed by atoms with Gasteiger partial charge in [-0.3, -0.25) is 9.36 Å². The molecule has 2 aromatic heterocycles. The van der Waals surface area contributed by atoms with Gasteiger partial charge >= 0.3 is 0 Å². The SMILES string of the molecule is O=C(CSc1nnc(-c2cccs2)n1-c1ccccc1)Nc1ccc(F)cc1. The molecule has 1 amide bonds. The minimum absolute atomic E-state index is 0.160. The average molecular weight is 410 g/mol. The van der Waals surface area contributed by atoms with E-state index in [0.717, 1.165) is 16.4 Å². The molecule has 4 aromatic rings. The van der Waals surface area contributed by atoms with Gasteiger partial charge < -0.3 is 5.32 Å². The maximum Gasteiger partial charge on any atom is 0.234 e. The third-order valence-corrected chi connectivity index (χ3v) is 5.64. The van der Waals surface area contributed by atoms with Gasteiger partial charge in [0.2, 0.25) is 5.91 Å². The summed E-state index contributed by atoms with van der Waals surface area (Å²) in [6.45, 7) is 0. The van der Waals surface area contributed by atoms with Crippen molar-refractivity contribution in [2.24, 2.45) is 0 Å². The van der Waals surface area contributed by atoms with Gasteiger partial charge in [-0.05, 0) is 47.8 Å². The van der Waals surface area contributed by atoms with Crippen LogP contribution in [-0.2, 0) is 4.79 Å². The van der Waals surface area contributed by atoms with Gasteiger partial charge in [-0.25, -0.2) is 4.39 Å². The highest BCUT2D eigenvalue weighted by Gasteiger charge is 2.17. The maximum atomic E-state index is 13.0. The zero-order chi connectivity index (χ0) is 19.3. The topological polar surface area (TPSA) is 59.8 Å². The lowest BCUT2D eigenvalue weighted by molar-refractivity contribution is -0.113. The number of nitrogens with zero attached hydrogens (tertiary/aromatic N) is 3. The van der Waals surface area contributed by atoms with E-state index in [1.165, 1.54) is 36.0 Å². The average Bonchev–Trinajstić information content (AvgIpc) is 3.38. The monoisotopic (exact) mass is 410 g/mol. The molecule has 0 aliphatic heterocycles. The minimum Gasteiger partial charge on any atom is -0.325 e. The van der Waals surface area contributed by atoms with Crippen LogP contribution in [0.1, 0.15) is 0 Å². The van der Waals surface area contributed by atoms with Gasteiger partial charge in [0.15, 0.2) is 11.0 Å². The Hall–Kier alpha value is -2.97. The van der Waals surface area contributed by atoms with E-state index in [9.17, 15) is 9.18 Å². The number of hydrogen-bond donors (Lipinski definition) is 1. The number of hydrogen-bond acceptors (Lipinski definition) is 5. The predicted octanol–water partition coefficient (Wildman–Crippen LogP) is 4.87. The first-order chi connectivity index (χ1) is 13.7. The fourth-order valence-corrected chi connectivity index (χ4v) is 4.05. The zero-order valence-electron chi connectivity index (χ0n) is 14.6. The van der Waals surface area contributed by atoms with Crippen molar-refractivity contribution in [2.45, 2.75) is 5.16 Å². The molecule has 1 N–H and O–H groups in total. The second-order valence-electron chi connectivity index (χ2n) is 5.80. The van der Waals surface area contributed by atoms with E-state index >= 15 is 0 Å². The lowest BCUT2D eigenvalue weighted by Crippen LogP contribution is -2.14. The molecule has 0 bridgehead atoms. The lowest BCUT2D eigenvalue weighted by atomic mass is 10.3. The normalized spacial score (nSPS) is 10.8. The summed E-state index contributed by atoms with van der Waals surface area (Å²) in [5.74, 6) is 0.358. The molecule has 0 aliphatic carbocycles. The number of nitrogens with one attached hydrogen (secondary N) is 1. The first-order valence-electron chi connectivity index (χ1n) is 8.43. The smallest absolute Gasteiger partial charge is 0.234 e. The Bertz CT molecular complexity index is 1060. The Morgan fingerprint density at radius 1 is 1.04 bits per heavy atom. The van der Waals surface area contributed by atoms with Crippen molar-refractivity contribution in [2.75, 3.05) is 11.1 Å². The van der Waals surface area contributed by atoms with Crippen molar-refractivity contribution in [3.63, 3.8) is 0 Å². The number of amides is 1. The Balaban J connectivity index is 1.54. The van der Waals surface area contributed by atoms with Crippen LogP contribution in [0.15, 0.2) is 77.3 Å². The quantitative estimate of drug-likeness (QED) is 0.461. The molecule has 0 spiro atoms. The molecule has 0 saturated carbocycles. The van der Waals surface area contributed by atoms with E-state index in [1.807, 2.05) is 52.4 Å². The number of aromatic nitrogens is 3. The fourth-order valence-electron chi connectivity index (χ4n) is 2.60. The van der Waals surface area contributed by atoms with Crippen molar-refractivity contribution in [1.82, 2.24) is 14.8 Å². The number of anilines is 1. The molecule has 0 atom stereocenters. The highest BCUT2D eigenvalue weighted by molar-refractivity contribution is 7.99. The van der Waals surface area contributed by atoms with E-state index in [2.05, 4.69) is 15.5 Å². The number of carbonyl (C=O) groups is 1. The molecule has 0 radical (unpaired) electrons. The molecule has 28 heavy (non-hydrogen) atoms. The van der Waals surface area contributed by atoms with Gasteiger partial charge in [-0.1, -0.05) is 36.0 Å². The first kappa shape index (κ1) is 18.4. The van der Waals surface area contributed by atoms with E-state index < -0.39 is 0 Å². The summed E-state index contributed by atoms with van der Waals surface area (Å²) in [7, 11) is 0. The van der Waals surface area contributed by atoms with Gasteiger partial charge in [0.25, 0.3) is 0 Å². The highest BCUT2D eigenvalue weighted by Crippen LogP contribution is 2.30. The lowest BCUT2D eigenvalue weighted by Gasteiger charge is -2.09. The summed E-state index contributed by atoms with van der Waals surface area (Å²) < 4.78 is 14.9. The third-order valence-electron chi connectivity index (χ3n) is 3.85. The van der Waals surface area contributed by atoms with Gasteiger partial charge in [0, 0.05) is 11.4 Å². The second kappa shape index (κ2) is 8.37. The van der Waals surface area contributed by atoms with Gasteiger partial charge in [-0.2, -0.15) is 0 Å². The van der Waals surface area contributed by atoms with Gasteiger partial charge in [-0.15, -0.1) is 21.5 Å². The predicted molar refractivity (Wildman–Crippen MR) is 110 cm³/mol. The fraction of sp³-hybridized carbons (Fsp3) is 0.0500. The third kappa shape index (κ3) is 4.13. The number of rotatable bonds is 6. The van der Waals surface area contributed by atoms with Crippen LogP contribution in [0.5, 0.6) is 0 Å². The molecule has 2 aromatic carbocycles. The van der Waals surface area contributed by atoms with Gasteiger partial charge in [0.1, 0.15) is 5.82 Å². The van der Waals surface area contributed by atoms with Crippen molar-refractivity contribution in [3.8, 4) is 16.4 Å². The number of halogens is 1. The molecule has 2 heterocycles. The highest BCUT2D eigenvalue weighted by atomic mass is 32.2. The molecule has 0 unspecified atom stereocenters. The van der Waals surface area contributed by atoms with Crippen molar-refractivity contribution in [3.05, 3.63) is 77.9 Å². The van der Waals surface area contributed by atoms with Crippen LogP contribution in [0.4, 0.5) is 10.1 Å². The van der Waals surface area contributed by atoms with E-state index in [4.69, 9.17) is 0 Å². The molecule has 140 valence electrons. The standard InChI is InChI=1S/C20H15FN4OS2/c21-14-8-10-15(11-9-14)22-18(26)13-28-20-24-23-19(17-7-4-12-27-17)25(20)16-5-2-1-3-6-16/h1-12H,13H2,(H,22,26). The Kier molecular flexibility index (Phi) is 5.50. The zero-order valence-corrected chi connectivity index (χ0v) is 16.2. The van der Waals surface area contributed by atoms with Crippen LogP contribution in [0.2, 0.25) is 0 Å². The molecule has 0 saturated heterocycles. The largest absolute Gasteiger partial charge is 0.325 e. The van der Waals surface area contributed by atoms with Crippen LogP contribution < -0.4 is 5.32 Å². The number of thiophene rings is 1. The number of benzene rings is 2. The number of para-hydroxylation sites is 1. The maximum absolute atomic E-state index is 13.0. The Morgan fingerprint density at radius 3 is 2.54 bits per heavy atom. The van der Waals surface area contributed by atoms with Crippen LogP contribution >= 0.6 is 23.1 Å². The Morgan fingerprint density at radius 2 is 1.82 bits per heavy atom. The molecule has 0 aliphatic rings. The summed E-state index contributed by atoms with van der Waals surface area (Å²) >= 11 is 2.88.